The third-order valence-electron chi connectivity index (χ3n) is 6.80. The van der Waals surface area contributed by atoms with Crippen LogP contribution in [0.2, 0.25) is 5.02 Å². The zero-order valence-corrected chi connectivity index (χ0v) is 15.9. The first-order valence-corrected chi connectivity index (χ1v) is 10.2. The highest BCUT2D eigenvalue weighted by Crippen LogP contribution is 2.60. The van der Waals surface area contributed by atoms with Gasteiger partial charge < -0.3 is 14.2 Å². The zero-order valence-electron chi connectivity index (χ0n) is 15.2. The zero-order chi connectivity index (χ0) is 18.6. The van der Waals surface area contributed by atoms with Gasteiger partial charge in [0.1, 0.15) is 13.2 Å². The molecule has 1 aromatic rings. The van der Waals surface area contributed by atoms with Gasteiger partial charge in [-0.3, -0.25) is 4.79 Å². The van der Waals surface area contributed by atoms with Crippen LogP contribution in [0.3, 0.4) is 0 Å². The number of fused-ring (bicyclic) bond motifs is 1. The van der Waals surface area contributed by atoms with Gasteiger partial charge in [-0.25, -0.2) is 4.79 Å². The second kappa shape index (κ2) is 6.40. The molecule has 4 saturated carbocycles. The summed E-state index contributed by atoms with van der Waals surface area (Å²) in [6.07, 6.45) is 6.77. The quantitative estimate of drug-likeness (QED) is 0.725. The van der Waals surface area contributed by atoms with Crippen molar-refractivity contribution in [2.24, 2.45) is 23.2 Å². The smallest absolute Gasteiger partial charge is 0.338 e. The van der Waals surface area contributed by atoms with Gasteiger partial charge in [0.05, 0.1) is 10.6 Å². The number of carbonyl (C=O) groups excluding carboxylic acids is 2. The molecule has 1 aliphatic heterocycles. The molecule has 4 aliphatic carbocycles. The molecular weight excluding hydrogens is 368 g/mol. The fourth-order valence-corrected chi connectivity index (χ4v) is 6.31. The fraction of sp³-hybridized carbons (Fsp3) is 0.619. The van der Waals surface area contributed by atoms with Gasteiger partial charge in [-0.1, -0.05) is 11.6 Å². The molecule has 27 heavy (non-hydrogen) atoms. The number of carbonyl (C=O) groups is 2. The summed E-state index contributed by atoms with van der Waals surface area (Å²) in [5.41, 5.74) is 0.0296. The number of halogens is 1. The normalized spacial score (nSPS) is 33.0. The van der Waals surface area contributed by atoms with Crippen molar-refractivity contribution in [3.05, 3.63) is 22.7 Å². The van der Waals surface area contributed by atoms with Gasteiger partial charge >= 0.3 is 5.97 Å². The van der Waals surface area contributed by atoms with Gasteiger partial charge in [-0.2, -0.15) is 0 Å². The summed E-state index contributed by atoms with van der Waals surface area (Å²) in [5.74, 6) is 2.50. The molecule has 0 aromatic heterocycles. The minimum absolute atomic E-state index is 0.0959. The number of Topliss-reactive ketones (excluding diaryl/α,β-unsaturated/α-hetero) is 1. The summed E-state index contributed by atoms with van der Waals surface area (Å²) in [5, 5.41) is 0.312. The summed E-state index contributed by atoms with van der Waals surface area (Å²) in [7, 11) is 0. The SMILES string of the molecule is O=C(OCC(=O)C12CC3CC(CC(C3)C1)C2)c1cc(Cl)c2c(c1)OCCO2. The van der Waals surface area contributed by atoms with Crippen molar-refractivity contribution in [2.45, 2.75) is 38.5 Å². The van der Waals surface area contributed by atoms with Crippen LogP contribution in [-0.4, -0.2) is 31.6 Å². The van der Waals surface area contributed by atoms with E-state index >= 15 is 0 Å². The largest absolute Gasteiger partial charge is 0.486 e. The van der Waals surface area contributed by atoms with Crippen LogP contribution in [0.5, 0.6) is 11.5 Å². The second-order valence-electron chi connectivity index (χ2n) is 8.68. The van der Waals surface area contributed by atoms with Gasteiger partial charge in [0.25, 0.3) is 0 Å². The molecule has 5 nitrogen and oxygen atoms in total. The molecule has 0 atom stereocenters. The molecule has 0 saturated heterocycles. The molecule has 0 unspecified atom stereocenters. The summed E-state index contributed by atoms with van der Waals surface area (Å²) < 4.78 is 16.3. The van der Waals surface area contributed by atoms with E-state index in [1.807, 2.05) is 0 Å². The molecule has 4 fully saturated rings. The molecule has 1 aromatic carbocycles. The first-order chi connectivity index (χ1) is 13.0. The number of ketones is 1. The van der Waals surface area contributed by atoms with E-state index in [9.17, 15) is 9.59 Å². The minimum atomic E-state index is -0.549. The molecule has 0 N–H and O–H groups in total. The highest BCUT2D eigenvalue weighted by Gasteiger charge is 2.54. The number of hydrogen-bond donors (Lipinski definition) is 0. The third-order valence-corrected chi connectivity index (χ3v) is 7.08. The number of esters is 1. The van der Waals surface area contributed by atoms with Gasteiger partial charge in [0.2, 0.25) is 0 Å². The summed E-state index contributed by atoms with van der Waals surface area (Å²) in [6, 6.07) is 3.07. The lowest BCUT2D eigenvalue weighted by Gasteiger charge is -2.55. The van der Waals surface area contributed by atoms with Crippen LogP contribution in [0.15, 0.2) is 12.1 Å². The Morgan fingerprint density at radius 3 is 2.33 bits per heavy atom. The van der Waals surface area contributed by atoms with Crippen LogP contribution in [0.25, 0.3) is 0 Å². The lowest BCUT2D eigenvalue weighted by molar-refractivity contribution is -0.147. The Hall–Kier alpha value is -1.75. The highest BCUT2D eigenvalue weighted by atomic mass is 35.5. The van der Waals surface area contributed by atoms with Crippen molar-refractivity contribution in [1.82, 2.24) is 0 Å². The number of rotatable bonds is 4. The average molecular weight is 391 g/mol. The molecule has 0 spiro atoms. The van der Waals surface area contributed by atoms with Gasteiger partial charge in [0, 0.05) is 5.41 Å². The molecule has 6 heteroatoms. The predicted molar refractivity (Wildman–Crippen MR) is 98.3 cm³/mol. The van der Waals surface area contributed by atoms with E-state index in [-0.39, 0.29) is 23.4 Å². The number of benzene rings is 1. The van der Waals surface area contributed by atoms with E-state index in [0.717, 1.165) is 19.3 Å². The van der Waals surface area contributed by atoms with Crippen LogP contribution in [0.4, 0.5) is 0 Å². The lowest BCUT2D eigenvalue weighted by Crippen LogP contribution is -2.51. The Morgan fingerprint density at radius 1 is 1.04 bits per heavy atom. The first-order valence-electron chi connectivity index (χ1n) is 9.82. The molecule has 0 amide bonds. The van der Waals surface area contributed by atoms with Gasteiger partial charge in [-0.05, 0) is 68.4 Å². The minimum Gasteiger partial charge on any atom is -0.486 e. The van der Waals surface area contributed by atoms with E-state index in [2.05, 4.69) is 0 Å². The molecule has 5 aliphatic rings. The van der Waals surface area contributed by atoms with Crippen molar-refractivity contribution >= 4 is 23.4 Å². The Kier molecular flexibility index (Phi) is 4.12. The molecule has 0 radical (unpaired) electrons. The van der Waals surface area contributed by atoms with Crippen LogP contribution in [0.1, 0.15) is 48.9 Å². The van der Waals surface area contributed by atoms with Crippen molar-refractivity contribution in [1.29, 1.82) is 0 Å². The van der Waals surface area contributed by atoms with Crippen molar-refractivity contribution in [3.8, 4) is 11.5 Å². The Balaban J connectivity index is 1.27. The predicted octanol–water partition coefficient (Wildman–Crippen LogP) is 4.05. The number of hydrogen-bond acceptors (Lipinski definition) is 5. The van der Waals surface area contributed by atoms with Crippen LogP contribution in [0, 0.1) is 23.2 Å². The van der Waals surface area contributed by atoms with Crippen LogP contribution < -0.4 is 9.47 Å². The van der Waals surface area contributed by atoms with E-state index in [0.29, 0.717) is 47.5 Å². The van der Waals surface area contributed by atoms with Crippen LogP contribution in [-0.2, 0) is 9.53 Å². The maximum atomic E-state index is 13.0. The van der Waals surface area contributed by atoms with E-state index in [1.54, 1.807) is 6.07 Å². The standard InChI is InChI=1S/C21H23ClO5/c22-16-6-15(7-17-19(16)26-2-1-25-17)20(24)27-11-18(23)21-8-12-3-13(9-21)5-14(4-12)10-21/h6-7,12-14H,1-5,8-11H2. The van der Waals surface area contributed by atoms with Crippen LogP contribution >= 0.6 is 11.6 Å². The monoisotopic (exact) mass is 390 g/mol. The summed E-state index contributed by atoms with van der Waals surface area (Å²) in [6.45, 7) is 0.680. The third kappa shape index (κ3) is 3.00. The molecule has 144 valence electrons. The van der Waals surface area contributed by atoms with E-state index in [4.69, 9.17) is 25.8 Å². The number of ether oxygens (including phenoxy) is 3. The molecule has 1 heterocycles. The topological polar surface area (TPSA) is 61.8 Å². The van der Waals surface area contributed by atoms with Crippen molar-refractivity contribution < 1.29 is 23.8 Å². The Bertz CT molecular complexity index is 767. The lowest BCUT2D eigenvalue weighted by atomic mass is 9.48. The second-order valence-corrected chi connectivity index (χ2v) is 9.09. The van der Waals surface area contributed by atoms with Gasteiger partial charge in [0.15, 0.2) is 23.9 Å². The highest BCUT2D eigenvalue weighted by molar-refractivity contribution is 6.32. The fourth-order valence-electron chi connectivity index (χ4n) is 6.05. The van der Waals surface area contributed by atoms with Gasteiger partial charge in [-0.15, -0.1) is 0 Å². The van der Waals surface area contributed by atoms with E-state index in [1.165, 1.54) is 25.3 Å². The Morgan fingerprint density at radius 2 is 1.67 bits per heavy atom. The molecular formula is C21H23ClO5. The maximum Gasteiger partial charge on any atom is 0.338 e. The summed E-state index contributed by atoms with van der Waals surface area (Å²) >= 11 is 6.19. The van der Waals surface area contributed by atoms with Crippen molar-refractivity contribution in [3.63, 3.8) is 0 Å². The maximum absolute atomic E-state index is 13.0. The van der Waals surface area contributed by atoms with E-state index < -0.39 is 5.97 Å². The summed E-state index contributed by atoms with van der Waals surface area (Å²) in [4.78, 5) is 25.5. The first kappa shape index (κ1) is 17.4. The molecule has 6 rings (SSSR count). The Labute approximate surface area is 163 Å². The van der Waals surface area contributed by atoms with Crippen molar-refractivity contribution in [2.75, 3.05) is 19.8 Å². The molecule has 4 bridgehead atoms. The average Bonchev–Trinajstić information content (AvgIpc) is 2.64.